The highest BCUT2D eigenvalue weighted by molar-refractivity contribution is 6.74. The summed E-state index contributed by atoms with van der Waals surface area (Å²) >= 11 is 0. The van der Waals surface area contributed by atoms with Crippen LogP contribution in [0.25, 0.3) is 0 Å². The summed E-state index contributed by atoms with van der Waals surface area (Å²) in [4.78, 5) is 27.3. The Labute approximate surface area is 183 Å². The molecule has 2 rings (SSSR count). The number of hydrogen-bond donors (Lipinski definition) is 0. The minimum absolute atomic E-state index is 0.0455. The largest absolute Gasteiger partial charge is 0.447 e. The van der Waals surface area contributed by atoms with Gasteiger partial charge < -0.3 is 9.16 Å². The minimum Gasteiger partial charge on any atom is -0.447 e. The Morgan fingerprint density at radius 1 is 1.23 bits per heavy atom. The molecule has 6 heteroatoms. The number of carbonyl (C=O) groups excluding carboxylic acids is 2. The molecule has 0 aromatic heterocycles. The number of hydrogen-bond acceptors (Lipinski definition) is 4. The lowest BCUT2D eigenvalue weighted by atomic mass is 9.90. The van der Waals surface area contributed by atoms with Crippen LogP contribution in [0.1, 0.15) is 53.5 Å². The molecule has 1 aliphatic heterocycles. The van der Waals surface area contributed by atoms with Crippen LogP contribution in [0.3, 0.4) is 0 Å². The van der Waals surface area contributed by atoms with Gasteiger partial charge in [0.2, 0.25) is 5.91 Å². The van der Waals surface area contributed by atoms with Gasteiger partial charge in [0.15, 0.2) is 8.32 Å². The molecule has 1 aliphatic rings. The van der Waals surface area contributed by atoms with Crippen LogP contribution in [-0.2, 0) is 20.4 Å². The summed E-state index contributed by atoms with van der Waals surface area (Å²) in [5, 5.41) is 0.0455. The summed E-state index contributed by atoms with van der Waals surface area (Å²) in [5.74, 6) is -0.398. The smallest absolute Gasteiger partial charge is 0.416 e. The van der Waals surface area contributed by atoms with Gasteiger partial charge in [-0.2, -0.15) is 0 Å². The minimum atomic E-state index is -2.08. The Morgan fingerprint density at radius 2 is 1.83 bits per heavy atom. The number of amides is 2. The van der Waals surface area contributed by atoms with Gasteiger partial charge in [0.1, 0.15) is 6.61 Å². The monoisotopic (exact) mass is 433 g/mol. The molecule has 0 saturated carbocycles. The number of cyclic esters (lactones) is 1. The van der Waals surface area contributed by atoms with Gasteiger partial charge in [-0.15, -0.1) is 0 Å². The van der Waals surface area contributed by atoms with Crippen LogP contribution in [0.4, 0.5) is 4.79 Å². The maximum atomic E-state index is 13.5. The zero-order valence-corrected chi connectivity index (χ0v) is 20.9. The Kier molecular flexibility index (Phi) is 7.91. The van der Waals surface area contributed by atoms with Gasteiger partial charge in [-0.05, 0) is 36.0 Å². The van der Waals surface area contributed by atoms with Crippen molar-refractivity contribution in [1.29, 1.82) is 0 Å². The normalized spacial score (nSPS) is 20.6. The molecular formula is C24H39NO4Si. The molecule has 4 atom stereocenters. The van der Waals surface area contributed by atoms with Crippen LogP contribution >= 0.6 is 0 Å². The highest BCUT2D eigenvalue weighted by atomic mass is 28.4. The fraction of sp³-hybridized carbons (Fsp3) is 0.667. The molecule has 1 aromatic carbocycles. The topological polar surface area (TPSA) is 55.8 Å². The van der Waals surface area contributed by atoms with E-state index in [0.29, 0.717) is 6.42 Å². The maximum absolute atomic E-state index is 13.5. The van der Waals surface area contributed by atoms with E-state index in [1.54, 1.807) is 0 Å². The van der Waals surface area contributed by atoms with Crippen LogP contribution in [0.5, 0.6) is 0 Å². The third-order valence-corrected chi connectivity index (χ3v) is 11.3. The van der Waals surface area contributed by atoms with Crippen molar-refractivity contribution < 1.29 is 18.8 Å². The molecular weight excluding hydrogens is 394 g/mol. The highest BCUT2D eigenvalue weighted by Gasteiger charge is 2.46. The number of ether oxygens (including phenoxy) is 1. The standard InChI is InChI=1S/C24H39NO4Si/c1-9-17(2)21(29-30(7,8)24(4,5)6)18(3)22(26)25-20(16-28-23(25)27)15-19-13-11-10-12-14-19/h10-14,17-18,20-21H,9,15-16H2,1-8H3/t17-,18+,20+,21-/m0/s1. The van der Waals surface area contributed by atoms with Gasteiger partial charge in [-0.1, -0.05) is 78.3 Å². The van der Waals surface area contributed by atoms with Crippen LogP contribution in [0.15, 0.2) is 30.3 Å². The lowest BCUT2D eigenvalue weighted by molar-refractivity contribution is -0.137. The molecule has 1 heterocycles. The first kappa shape index (κ1) is 24.6. The molecule has 0 unspecified atom stereocenters. The molecule has 1 fully saturated rings. The molecule has 30 heavy (non-hydrogen) atoms. The number of imide groups is 1. The molecule has 2 amide bonds. The average Bonchev–Trinajstić information content (AvgIpc) is 3.04. The summed E-state index contributed by atoms with van der Waals surface area (Å²) in [6, 6.07) is 9.64. The van der Waals surface area contributed by atoms with Crippen molar-refractivity contribution >= 4 is 20.3 Å². The van der Waals surface area contributed by atoms with Gasteiger partial charge in [-0.25, -0.2) is 9.69 Å². The van der Waals surface area contributed by atoms with Crippen LogP contribution in [-0.4, -0.2) is 44.0 Å². The van der Waals surface area contributed by atoms with Gasteiger partial charge in [0.25, 0.3) is 0 Å². The van der Waals surface area contributed by atoms with Crippen LogP contribution < -0.4 is 0 Å². The quantitative estimate of drug-likeness (QED) is 0.497. The van der Waals surface area contributed by atoms with Gasteiger partial charge in [0.05, 0.1) is 18.1 Å². The first-order valence-electron chi connectivity index (χ1n) is 11.1. The zero-order chi connectivity index (χ0) is 22.7. The third kappa shape index (κ3) is 5.52. The van der Waals surface area contributed by atoms with E-state index in [1.807, 2.05) is 37.3 Å². The van der Waals surface area contributed by atoms with Gasteiger partial charge in [0, 0.05) is 0 Å². The number of carbonyl (C=O) groups is 2. The zero-order valence-electron chi connectivity index (χ0n) is 19.9. The van der Waals surface area contributed by atoms with Crippen LogP contribution in [0.2, 0.25) is 18.1 Å². The van der Waals surface area contributed by atoms with Crippen molar-refractivity contribution in [1.82, 2.24) is 4.90 Å². The summed E-state index contributed by atoms with van der Waals surface area (Å²) in [7, 11) is -2.08. The van der Waals surface area contributed by atoms with Crippen molar-refractivity contribution in [2.24, 2.45) is 11.8 Å². The average molecular weight is 434 g/mol. The molecule has 1 aromatic rings. The van der Waals surface area contributed by atoms with Crippen molar-refractivity contribution in [2.75, 3.05) is 6.61 Å². The fourth-order valence-corrected chi connectivity index (χ4v) is 5.06. The second kappa shape index (κ2) is 9.65. The molecule has 1 saturated heterocycles. The molecule has 168 valence electrons. The number of rotatable bonds is 8. The lowest BCUT2D eigenvalue weighted by Crippen LogP contribution is -2.52. The number of nitrogens with zero attached hydrogens (tertiary/aromatic N) is 1. The fourth-order valence-electron chi connectivity index (χ4n) is 3.59. The molecule has 0 bridgehead atoms. The first-order valence-corrected chi connectivity index (χ1v) is 14.0. The Morgan fingerprint density at radius 3 is 2.37 bits per heavy atom. The predicted molar refractivity (Wildman–Crippen MR) is 123 cm³/mol. The first-order chi connectivity index (χ1) is 13.9. The van der Waals surface area contributed by atoms with E-state index in [0.717, 1.165) is 12.0 Å². The molecule has 5 nitrogen and oxygen atoms in total. The van der Waals surface area contributed by atoms with Crippen molar-refractivity contribution in [3.8, 4) is 0 Å². The second-order valence-electron chi connectivity index (χ2n) is 10.1. The highest BCUT2D eigenvalue weighted by Crippen LogP contribution is 2.40. The Bertz CT molecular complexity index is 728. The van der Waals surface area contributed by atoms with E-state index in [1.165, 1.54) is 4.90 Å². The maximum Gasteiger partial charge on any atom is 0.416 e. The SMILES string of the molecule is CC[C@H](C)[C@H](O[Si](C)(C)C(C)(C)C)[C@@H](C)C(=O)N1C(=O)OC[C@H]1Cc1ccccc1. The van der Waals surface area contributed by atoms with Crippen LogP contribution in [0, 0.1) is 11.8 Å². The Hall–Kier alpha value is -1.66. The van der Waals surface area contributed by atoms with Crippen molar-refractivity contribution in [3.05, 3.63) is 35.9 Å². The Balaban J connectivity index is 2.24. The van der Waals surface area contributed by atoms with Gasteiger partial charge >= 0.3 is 6.09 Å². The molecule has 0 N–H and O–H groups in total. The van der Waals surface area contributed by atoms with E-state index in [2.05, 4.69) is 47.7 Å². The van der Waals surface area contributed by atoms with E-state index >= 15 is 0 Å². The summed E-state index contributed by atoms with van der Waals surface area (Å²) in [5.41, 5.74) is 1.09. The van der Waals surface area contributed by atoms with E-state index < -0.39 is 20.3 Å². The summed E-state index contributed by atoms with van der Waals surface area (Å²) < 4.78 is 12.0. The van der Waals surface area contributed by atoms with E-state index in [4.69, 9.17) is 9.16 Å². The second-order valence-corrected chi connectivity index (χ2v) is 14.9. The van der Waals surface area contributed by atoms with E-state index in [9.17, 15) is 9.59 Å². The lowest BCUT2D eigenvalue weighted by Gasteiger charge is -2.43. The third-order valence-electron chi connectivity index (χ3n) is 6.84. The molecule has 0 aliphatic carbocycles. The predicted octanol–water partition coefficient (Wildman–Crippen LogP) is 5.65. The molecule has 0 spiro atoms. The van der Waals surface area contributed by atoms with E-state index in [-0.39, 0.29) is 35.6 Å². The molecule has 0 radical (unpaired) electrons. The summed E-state index contributed by atoms with van der Waals surface area (Å²) in [6.07, 6.45) is 0.744. The number of benzene rings is 1. The van der Waals surface area contributed by atoms with Crippen molar-refractivity contribution in [3.63, 3.8) is 0 Å². The van der Waals surface area contributed by atoms with Crippen molar-refractivity contribution in [2.45, 2.75) is 84.7 Å². The summed E-state index contributed by atoms with van der Waals surface area (Å²) in [6.45, 7) is 17.4. The van der Waals surface area contributed by atoms with Gasteiger partial charge in [-0.3, -0.25) is 4.79 Å².